The molecule has 138 valence electrons. The molecule has 0 saturated heterocycles. The topological polar surface area (TPSA) is 104 Å². The summed E-state index contributed by atoms with van der Waals surface area (Å²) in [4.78, 5) is 24.2. The van der Waals surface area contributed by atoms with Crippen molar-refractivity contribution in [3.63, 3.8) is 0 Å². The van der Waals surface area contributed by atoms with Crippen molar-refractivity contribution in [3.8, 4) is 0 Å². The molecule has 1 aromatic rings. The van der Waals surface area contributed by atoms with E-state index in [9.17, 15) is 23.1 Å². The third-order valence-corrected chi connectivity index (χ3v) is 5.69. The van der Waals surface area contributed by atoms with Crippen LogP contribution in [-0.4, -0.2) is 43.7 Å². The van der Waals surface area contributed by atoms with Gasteiger partial charge in [-0.25, -0.2) is 13.2 Å². The summed E-state index contributed by atoms with van der Waals surface area (Å²) < 4.78 is 25.3. The maximum absolute atomic E-state index is 12.5. The number of benzene rings is 1. The van der Waals surface area contributed by atoms with E-state index in [1.54, 1.807) is 31.2 Å². The van der Waals surface area contributed by atoms with Crippen LogP contribution in [0, 0.1) is 6.92 Å². The molecule has 0 unspecified atom stereocenters. The average Bonchev–Trinajstić information content (AvgIpc) is 2.53. The second-order valence-corrected chi connectivity index (χ2v) is 8.46. The summed E-state index contributed by atoms with van der Waals surface area (Å²) in [5.74, 6) is -1.68. The van der Waals surface area contributed by atoms with E-state index in [0.717, 1.165) is 29.8 Å². The van der Waals surface area contributed by atoms with Crippen LogP contribution >= 0.6 is 0 Å². The lowest BCUT2D eigenvalue weighted by Crippen LogP contribution is -2.57. The molecule has 25 heavy (non-hydrogen) atoms. The molecule has 1 aliphatic carbocycles. The third-order valence-electron chi connectivity index (χ3n) is 4.57. The van der Waals surface area contributed by atoms with Crippen molar-refractivity contribution in [3.05, 3.63) is 29.8 Å². The fourth-order valence-electron chi connectivity index (χ4n) is 3.21. The van der Waals surface area contributed by atoms with Crippen LogP contribution < -0.4 is 9.62 Å². The first-order valence-electron chi connectivity index (χ1n) is 8.23. The van der Waals surface area contributed by atoms with Crippen molar-refractivity contribution >= 4 is 27.6 Å². The highest BCUT2D eigenvalue weighted by atomic mass is 32.2. The van der Waals surface area contributed by atoms with Crippen LogP contribution in [0.3, 0.4) is 0 Å². The number of para-hydroxylation sites is 1. The van der Waals surface area contributed by atoms with Crippen molar-refractivity contribution in [2.75, 3.05) is 17.1 Å². The standard InChI is InChI=1S/C17H24N2O5S/c1-13-8-4-5-9-14(13)19(25(2,23)24)12-15(20)18-17(16(21)22)10-6-3-7-11-17/h4-5,8-9H,3,6-7,10-12H2,1-2H3,(H,18,20)(H,21,22). The van der Waals surface area contributed by atoms with Gasteiger partial charge in [0.2, 0.25) is 15.9 Å². The summed E-state index contributed by atoms with van der Waals surface area (Å²) in [7, 11) is -3.69. The number of carboxylic acid groups (broad SMARTS) is 1. The summed E-state index contributed by atoms with van der Waals surface area (Å²) in [5.41, 5.74) is -0.177. The zero-order valence-corrected chi connectivity index (χ0v) is 15.3. The third kappa shape index (κ3) is 4.50. The number of rotatable bonds is 6. The van der Waals surface area contributed by atoms with E-state index < -0.39 is 34.0 Å². The predicted molar refractivity (Wildman–Crippen MR) is 95.0 cm³/mol. The smallest absolute Gasteiger partial charge is 0.329 e. The van der Waals surface area contributed by atoms with Crippen LogP contribution in [0.1, 0.15) is 37.7 Å². The normalized spacial score (nSPS) is 16.9. The van der Waals surface area contributed by atoms with Gasteiger partial charge in [-0.1, -0.05) is 37.5 Å². The Morgan fingerprint density at radius 2 is 1.80 bits per heavy atom. The van der Waals surface area contributed by atoms with Crippen molar-refractivity contribution in [2.45, 2.75) is 44.6 Å². The molecule has 1 aliphatic rings. The number of aryl methyl sites for hydroxylation is 1. The Bertz CT molecular complexity index is 754. The SMILES string of the molecule is Cc1ccccc1N(CC(=O)NC1(C(=O)O)CCCCC1)S(C)(=O)=O. The molecule has 1 saturated carbocycles. The van der Waals surface area contributed by atoms with E-state index in [2.05, 4.69) is 5.32 Å². The zero-order chi connectivity index (χ0) is 18.7. The molecule has 1 aromatic carbocycles. The van der Waals surface area contributed by atoms with Crippen molar-refractivity contribution in [1.29, 1.82) is 0 Å². The second kappa shape index (κ2) is 7.43. The summed E-state index contributed by atoms with van der Waals surface area (Å²) in [5, 5.41) is 12.1. The van der Waals surface area contributed by atoms with Crippen LogP contribution in [0.25, 0.3) is 0 Å². The predicted octanol–water partition coefficient (Wildman–Crippen LogP) is 1.66. The minimum absolute atomic E-state index is 0.358. The molecule has 2 N–H and O–H groups in total. The number of nitrogens with one attached hydrogen (secondary N) is 1. The Balaban J connectivity index is 2.23. The molecule has 8 heteroatoms. The Kier molecular flexibility index (Phi) is 5.72. The van der Waals surface area contributed by atoms with Gasteiger partial charge in [0.1, 0.15) is 12.1 Å². The first kappa shape index (κ1) is 19.2. The lowest BCUT2D eigenvalue weighted by molar-refractivity contribution is -0.149. The Morgan fingerprint density at radius 1 is 1.20 bits per heavy atom. The molecule has 0 radical (unpaired) electrons. The van der Waals surface area contributed by atoms with Crippen LogP contribution in [0.15, 0.2) is 24.3 Å². The average molecular weight is 368 g/mol. The van der Waals surface area contributed by atoms with Crippen molar-refractivity contribution in [2.24, 2.45) is 0 Å². The van der Waals surface area contributed by atoms with Crippen molar-refractivity contribution < 1.29 is 23.1 Å². The van der Waals surface area contributed by atoms with E-state index in [4.69, 9.17) is 0 Å². The van der Waals surface area contributed by atoms with Crippen LogP contribution in [0.2, 0.25) is 0 Å². The van der Waals surface area contributed by atoms with Gasteiger partial charge in [0, 0.05) is 0 Å². The fraction of sp³-hybridized carbons (Fsp3) is 0.529. The Hall–Kier alpha value is -2.09. The van der Waals surface area contributed by atoms with Gasteiger partial charge in [0.05, 0.1) is 11.9 Å². The molecule has 2 rings (SSSR count). The zero-order valence-electron chi connectivity index (χ0n) is 14.5. The highest BCUT2D eigenvalue weighted by molar-refractivity contribution is 7.92. The van der Waals surface area contributed by atoms with Crippen LogP contribution in [0.5, 0.6) is 0 Å². The number of nitrogens with zero attached hydrogens (tertiary/aromatic N) is 1. The van der Waals surface area contributed by atoms with Gasteiger partial charge in [-0.3, -0.25) is 9.10 Å². The molecule has 0 atom stereocenters. The number of hydrogen-bond acceptors (Lipinski definition) is 4. The van der Waals surface area contributed by atoms with Gasteiger partial charge >= 0.3 is 5.97 Å². The number of carbonyl (C=O) groups excluding carboxylic acids is 1. The van der Waals surface area contributed by atoms with Crippen LogP contribution in [0.4, 0.5) is 5.69 Å². The molecule has 7 nitrogen and oxygen atoms in total. The second-order valence-electron chi connectivity index (χ2n) is 6.55. The molecule has 1 fully saturated rings. The summed E-state index contributed by atoms with van der Waals surface area (Å²) >= 11 is 0. The summed E-state index contributed by atoms with van der Waals surface area (Å²) in [6, 6.07) is 6.85. The van der Waals surface area contributed by atoms with Gasteiger partial charge in [0.25, 0.3) is 0 Å². The number of sulfonamides is 1. The monoisotopic (exact) mass is 368 g/mol. The molecule has 0 aromatic heterocycles. The van der Waals surface area contributed by atoms with E-state index in [1.807, 2.05) is 0 Å². The Morgan fingerprint density at radius 3 is 2.32 bits per heavy atom. The molecule has 1 amide bonds. The quantitative estimate of drug-likeness (QED) is 0.795. The number of hydrogen-bond donors (Lipinski definition) is 2. The molecular weight excluding hydrogens is 344 g/mol. The lowest BCUT2D eigenvalue weighted by Gasteiger charge is -2.34. The summed E-state index contributed by atoms with van der Waals surface area (Å²) in [6.07, 6.45) is 4.12. The van der Waals surface area contributed by atoms with Crippen molar-refractivity contribution in [1.82, 2.24) is 5.32 Å². The van der Waals surface area contributed by atoms with Gasteiger partial charge in [-0.05, 0) is 31.4 Å². The fourth-order valence-corrected chi connectivity index (χ4v) is 4.12. The van der Waals surface area contributed by atoms with E-state index >= 15 is 0 Å². The van der Waals surface area contributed by atoms with E-state index in [0.29, 0.717) is 24.1 Å². The lowest BCUT2D eigenvalue weighted by atomic mass is 9.81. The first-order valence-corrected chi connectivity index (χ1v) is 10.1. The largest absolute Gasteiger partial charge is 0.480 e. The molecule has 0 spiro atoms. The van der Waals surface area contributed by atoms with Crippen LogP contribution in [-0.2, 0) is 19.6 Å². The number of amides is 1. The maximum atomic E-state index is 12.5. The summed E-state index contributed by atoms with van der Waals surface area (Å²) in [6.45, 7) is 1.31. The van der Waals surface area contributed by atoms with Gasteiger partial charge in [-0.15, -0.1) is 0 Å². The number of carboxylic acids is 1. The van der Waals surface area contributed by atoms with Gasteiger partial charge < -0.3 is 10.4 Å². The number of anilines is 1. The van der Waals surface area contributed by atoms with E-state index in [1.165, 1.54) is 0 Å². The van der Waals surface area contributed by atoms with Gasteiger partial charge in [-0.2, -0.15) is 0 Å². The number of aliphatic carboxylic acids is 1. The molecule has 0 bridgehead atoms. The number of carbonyl (C=O) groups is 2. The maximum Gasteiger partial charge on any atom is 0.329 e. The Labute approximate surface area is 148 Å². The van der Waals surface area contributed by atoms with Gasteiger partial charge in [0.15, 0.2) is 0 Å². The molecular formula is C17H24N2O5S. The highest BCUT2D eigenvalue weighted by Crippen LogP contribution is 2.29. The van der Waals surface area contributed by atoms with E-state index in [-0.39, 0.29) is 0 Å². The molecule has 0 aliphatic heterocycles. The first-order chi connectivity index (χ1) is 11.7. The highest BCUT2D eigenvalue weighted by Gasteiger charge is 2.41. The minimum Gasteiger partial charge on any atom is -0.480 e. The minimum atomic E-state index is -3.69. The molecule has 0 heterocycles.